The second-order valence-corrected chi connectivity index (χ2v) is 5.16. The smallest absolute Gasteiger partial charge is 0.322 e. The van der Waals surface area contributed by atoms with Crippen LogP contribution >= 0.6 is 0 Å². The van der Waals surface area contributed by atoms with E-state index in [1.807, 2.05) is 32.0 Å². The van der Waals surface area contributed by atoms with Crippen molar-refractivity contribution in [3.63, 3.8) is 0 Å². The monoisotopic (exact) mass is 291 g/mol. The van der Waals surface area contributed by atoms with Gasteiger partial charge in [0.05, 0.1) is 18.0 Å². The SMILES string of the molecule is CC[C@H](C)[C@H]1C(=O)Nc2ccccc2N1C(=O)NCCO. The fraction of sp³-hybridized carbons (Fsp3) is 0.467. The van der Waals surface area contributed by atoms with Crippen LogP contribution in [0.15, 0.2) is 24.3 Å². The Kier molecular flexibility index (Phi) is 4.80. The first kappa shape index (κ1) is 15.3. The van der Waals surface area contributed by atoms with Crippen molar-refractivity contribution in [1.82, 2.24) is 5.32 Å². The number of benzene rings is 1. The summed E-state index contributed by atoms with van der Waals surface area (Å²) in [6, 6.07) is 6.30. The van der Waals surface area contributed by atoms with E-state index in [0.29, 0.717) is 11.4 Å². The summed E-state index contributed by atoms with van der Waals surface area (Å²) in [7, 11) is 0. The lowest BCUT2D eigenvalue weighted by Gasteiger charge is -2.39. The first-order valence-corrected chi connectivity index (χ1v) is 7.18. The number of aliphatic hydroxyl groups is 1. The van der Waals surface area contributed by atoms with Crippen molar-refractivity contribution in [3.05, 3.63) is 24.3 Å². The summed E-state index contributed by atoms with van der Waals surface area (Å²) < 4.78 is 0. The van der Waals surface area contributed by atoms with Gasteiger partial charge in [-0.25, -0.2) is 4.79 Å². The molecule has 0 spiro atoms. The Labute approximate surface area is 124 Å². The molecule has 6 heteroatoms. The Bertz CT molecular complexity index is 533. The molecule has 0 bridgehead atoms. The van der Waals surface area contributed by atoms with Gasteiger partial charge in [-0.3, -0.25) is 9.69 Å². The molecule has 0 unspecified atom stereocenters. The number of nitrogens with one attached hydrogen (secondary N) is 2. The fourth-order valence-electron chi connectivity index (χ4n) is 2.48. The number of para-hydroxylation sites is 2. The summed E-state index contributed by atoms with van der Waals surface area (Å²) in [5.74, 6) is -0.152. The number of fused-ring (bicyclic) bond motifs is 1. The number of carbonyl (C=O) groups excluding carboxylic acids is 2. The molecule has 1 aliphatic rings. The van der Waals surface area contributed by atoms with Gasteiger partial charge >= 0.3 is 6.03 Å². The third kappa shape index (κ3) is 3.00. The Balaban J connectivity index is 2.41. The van der Waals surface area contributed by atoms with E-state index in [0.717, 1.165) is 6.42 Å². The third-order valence-corrected chi connectivity index (χ3v) is 3.76. The molecule has 21 heavy (non-hydrogen) atoms. The third-order valence-electron chi connectivity index (χ3n) is 3.76. The van der Waals surface area contributed by atoms with E-state index in [-0.39, 0.29) is 31.0 Å². The summed E-state index contributed by atoms with van der Waals surface area (Å²) in [5, 5.41) is 14.4. The number of anilines is 2. The largest absolute Gasteiger partial charge is 0.395 e. The van der Waals surface area contributed by atoms with E-state index in [1.54, 1.807) is 6.07 Å². The van der Waals surface area contributed by atoms with Crippen molar-refractivity contribution in [3.8, 4) is 0 Å². The summed E-state index contributed by atoms with van der Waals surface area (Å²) in [6.45, 7) is 3.96. The molecule has 1 aromatic rings. The molecule has 2 rings (SSSR count). The van der Waals surface area contributed by atoms with Crippen molar-refractivity contribution in [2.45, 2.75) is 26.3 Å². The minimum atomic E-state index is -0.552. The molecule has 1 aliphatic heterocycles. The molecule has 114 valence electrons. The first-order valence-electron chi connectivity index (χ1n) is 7.18. The van der Waals surface area contributed by atoms with Crippen molar-refractivity contribution in [2.24, 2.45) is 5.92 Å². The van der Waals surface area contributed by atoms with Crippen LogP contribution in [0.3, 0.4) is 0 Å². The van der Waals surface area contributed by atoms with Crippen molar-refractivity contribution in [1.29, 1.82) is 0 Å². The van der Waals surface area contributed by atoms with Gasteiger partial charge in [-0.05, 0) is 18.1 Å². The second-order valence-electron chi connectivity index (χ2n) is 5.16. The van der Waals surface area contributed by atoms with Crippen LogP contribution in [-0.2, 0) is 4.79 Å². The highest BCUT2D eigenvalue weighted by Gasteiger charge is 2.39. The highest BCUT2D eigenvalue weighted by molar-refractivity contribution is 6.11. The van der Waals surface area contributed by atoms with Gasteiger partial charge in [-0.15, -0.1) is 0 Å². The number of amides is 3. The maximum atomic E-state index is 12.4. The first-order chi connectivity index (χ1) is 10.1. The zero-order valence-electron chi connectivity index (χ0n) is 12.3. The summed E-state index contributed by atoms with van der Waals surface area (Å²) >= 11 is 0. The van der Waals surface area contributed by atoms with E-state index < -0.39 is 6.04 Å². The molecule has 6 nitrogen and oxygen atoms in total. The lowest BCUT2D eigenvalue weighted by molar-refractivity contribution is -0.118. The number of hydrogen-bond donors (Lipinski definition) is 3. The number of hydrogen-bond acceptors (Lipinski definition) is 3. The predicted molar refractivity (Wildman–Crippen MR) is 81.3 cm³/mol. The quantitative estimate of drug-likeness (QED) is 0.787. The average molecular weight is 291 g/mol. The van der Waals surface area contributed by atoms with Gasteiger partial charge in [0.25, 0.3) is 0 Å². The lowest BCUT2D eigenvalue weighted by Crippen LogP contribution is -2.57. The summed E-state index contributed by atoms with van der Waals surface area (Å²) in [5.41, 5.74) is 1.30. The predicted octanol–water partition coefficient (Wildman–Crippen LogP) is 1.56. The van der Waals surface area contributed by atoms with Crippen LogP contribution in [-0.4, -0.2) is 36.2 Å². The van der Waals surface area contributed by atoms with Crippen LogP contribution in [0, 0.1) is 5.92 Å². The van der Waals surface area contributed by atoms with E-state index in [2.05, 4.69) is 10.6 Å². The molecule has 0 aromatic heterocycles. The number of nitrogens with zero attached hydrogens (tertiary/aromatic N) is 1. The summed E-state index contributed by atoms with van der Waals surface area (Å²) in [4.78, 5) is 26.3. The maximum Gasteiger partial charge on any atom is 0.322 e. The number of urea groups is 1. The minimum Gasteiger partial charge on any atom is -0.395 e. The fourth-order valence-corrected chi connectivity index (χ4v) is 2.48. The van der Waals surface area contributed by atoms with Gasteiger partial charge in [-0.2, -0.15) is 0 Å². The topological polar surface area (TPSA) is 81.7 Å². The molecular formula is C15H21N3O3. The van der Waals surface area contributed by atoms with Gasteiger partial charge in [0.2, 0.25) is 5.91 Å². The number of aliphatic hydroxyl groups excluding tert-OH is 1. The van der Waals surface area contributed by atoms with Crippen LogP contribution in [0.25, 0.3) is 0 Å². The molecule has 0 aliphatic carbocycles. The molecule has 0 saturated heterocycles. The minimum absolute atomic E-state index is 0.0261. The van der Waals surface area contributed by atoms with Crippen LogP contribution in [0.4, 0.5) is 16.2 Å². The van der Waals surface area contributed by atoms with E-state index in [1.165, 1.54) is 4.90 Å². The Morgan fingerprint density at radius 1 is 1.48 bits per heavy atom. The Morgan fingerprint density at radius 3 is 2.86 bits per heavy atom. The zero-order valence-corrected chi connectivity index (χ0v) is 12.3. The van der Waals surface area contributed by atoms with E-state index in [9.17, 15) is 9.59 Å². The van der Waals surface area contributed by atoms with Crippen LogP contribution in [0.1, 0.15) is 20.3 Å². The molecule has 3 N–H and O–H groups in total. The van der Waals surface area contributed by atoms with Crippen molar-refractivity contribution in [2.75, 3.05) is 23.4 Å². The number of carbonyl (C=O) groups is 2. The van der Waals surface area contributed by atoms with Gasteiger partial charge in [-0.1, -0.05) is 32.4 Å². The highest BCUT2D eigenvalue weighted by Crippen LogP contribution is 2.34. The molecule has 2 atom stereocenters. The number of rotatable bonds is 4. The van der Waals surface area contributed by atoms with Crippen molar-refractivity contribution >= 4 is 23.3 Å². The standard InChI is InChI=1S/C15H21N3O3/c1-3-10(2)13-14(20)17-11-6-4-5-7-12(11)18(13)15(21)16-8-9-19/h4-7,10,13,19H,3,8-9H2,1-2H3,(H,16,21)(H,17,20)/t10-,13-/m0/s1. The molecule has 0 fully saturated rings. The second kappa shape index (κ2) is 6.58. The van der Waals surface area contributed by atoms with E-state index in [4.69, 9.17) is 5.11 Å². The maximum absolute atomic E-state index is 12.4. The molecule has 3 amide bonds. The Hall–Kier alpha value is -2.08. The molecular weight excluding hydrogens is 270 g/mol. The average Bonchev–Trinajstić information content (AvgIpc) is 2.50. The van der Waals surface area contributed by atoms with Crippen LogP contribution < -0.4 is 15.5 Å². The summed E-state index contributed by atoms with van der Waals surface area (Å²) in [6.07, 6.45) is 0.782. The normalized spacial score (nSPS) is 18.7. The Morgan fingerprint density at radius 2 is 2.19 bits per heavy atom. The molecule has 0 saturated carbocycles. The zero-order chi connectivity index (χ0) is 15.4. The van der Waals surface area contributed by atoms with Gasteiger partial charge in [0.15, 0.2) is 0 Å². The van der Waals surface area contributed by atoms with Gasteiger partial charge in [0.1, 0.15) is 6.04 Å². The van der Waals surface area contributed by atoms with Gasteiger partial charge in [0, 0.05) is 6.54 Å². The van der Waals surface area contributed by atoms with Crippen LogP contribution in [0.2, 0.25) is 0 Å². The molecule has 1 heterocycles. The van der Waals surface area contributed by atoms with Crippen molar-refractivity contribution < 1.29 is 14.7 Å². The molecule has 0 radical (unpaired) electrons. The highest BCUT2D eigenvalue weighted by atomic mass is 16.3. The lowest BCUT2D eigenvalue weighted by atomic mass is 9.94. The van der Waals surface area contributed by atoms with E-state index >= 15 is 0 Å². The van der Waals surface area contributed by atoms with Gasteiger partial charge < -0.3 is 15.7 Å². The molecule has 1 aromatic carbocycles. The van der Waals surface area contributed by atoms with Crippen LogP contribution in [0.5, 0.6) is 0 Å².